The maximum atomic E-state index is 13.3. The fraction of sp³-hybridized carbons (Fsp3) is 0.679. The van der Waals surface area contributed by atoms with Gasteiger partial charge < -0.3 is 24.1 Å². The Kier molecular flexibility index (Phi) is 12.3. The van der Waals surface area contributed by atoms with Crippen LogP contribution in [0.5, 0.6) is 0 Å². The summed E-state index contributed by atoms with van der Waals surface area (Å²) in [7, 11) is -1.12. The summed E-state index contributed by atoms with van der Waals surface area (Å²) < 4.78 is 23.6. The highest BCUT2D eigenvalue weighted by atomic mass is 28.3. The molecule has 1 aliphatic heterocycles. The second-order valence-electron chi connectivity index (χ2n) is 11.4. The molecule has 1 aromatic rings. The van der Waals surface area contributed by atoms with Gasteiger partial charge in [-0.15, -0.1) is 6.58 Å². The van der Waals surface area contributed by atoms with Gasteiger partial charge in [0.2, 0.25) is 0 Å². The van der Waals surface area contributed by atoms with Crippen LogP contribution in [-0.4, -0.2) is 63.9 Å². The average Bonchev–Trinajstić information content (AvgIpc) is 2.81. The third kappa shape index (κ3) is 10.7. The molecule has 6 nitrogen and oxygen atoms in total. The van der Waals surface area contributed by atoms with Gasteiger partial charge in [0.15, 0.2) is 0 Å². The minimum absolute atomic E-state index is 0.0633. The maximum Gasteiger partial charge on any atom is 0.146 e. The Morgan fingerprint density at radius 3 is 2.51 bits per heavy atom. The van der Waals surface area contributed by atoms with Crippen molar-refractivity contribution >= 4 is 13.9 Å². The minimum Gasteiger partial charge on any atom is -0.396 e. The van der Waals surface area contributed by atoms with Crippen molar-refractivity contribution in [3.63, 3.8) is 0 Å². The van der Waals surface area contributed by atoms with E-state index in [1.54, 1.807) is 6.08 Å². The number of ketones is 1. The van der Waals surface area contributed by atoms with E-state index in [9.17, 15) is 9.90 Å². The zero-order valence-electron chi connectivity index (χ0n) is 22.3. The molecule has 1 N–H and O–H groups in total. The zero-order valence-corrected chi connectivity index (χ0v) is 23.3. The molecule has 0 aromatic heterocycles. The Balaban J connectivity index is 1.85. The zero-order chi connectivity index (χ0) is 25.9. The lowest BCUT2D eigenvalue weighted by Gasteiger charge is -2.37. The van der Waals surface area contributed by atoms with Gasteiger partial charge in [-0.2, -0.15) is 0 Å². The number of aliphatic hydroxyl groups excluding tert-OH is 1. The fourth-order valence-electron chi connectivity index (χ4n) is 4.25. The molecule has 1 saturated heterocycles. The van der Waals surface area contributed by atoms with Crippen molar-refractivity contribution in [2.24, 2.45) is 11.3 Å². The third-order valence-electron chi connectivity index (χ3n) is 6.63. The number of benzene rings is 1. The Bertz CT molecular complexity index is 760. The minimum atomic E-state index is -1.12. The number of hydrogen-bond donors (Lipinski definition) is 1. The number of carbonyl (C=O) groups is 1. The van der Waals surface area contributed by atoms with Crippen molar-refractivity contribution in [2.75, 3.05) is 26.6 Å². The SMILES string of the molecule is C=C[C@H](OCc1ccccc1)C(C)(C)C(=O)C[C@@H]1C[C@H](CO)C[C@H](COCOCC[Si](C)(C)C)O1. The van der Waals surface area contributed by atoms with Crippen LogP contribution in [-0.2, 0) is 30.3 Å². The van der Waals surface area contributed by atoms with Crippen LogP contribution < -0.4 is 0 Å². The van der Waals surface area contributed by atoms with Crippen LogP contribution in [0.3, 0.4) is 0 Å². The Hall–Kier alpha value is -1.35. The molecular formula is C28H46O6Si. The highest BCUT2D eigenvalue weighted by Crippen LogP contribution is 2.33. The van der Waals surface area contributed by atoms with Gasteiger partial charge in [0.05, 0.1) is 36.9 Å². The Morgan fingerprint density at radius 1 is 1.20 bits per heavy atom. The average molecular weight is 507 g/mol. The van der Waals surface area contributed by atoms with Gasteiger partial charge in [-0.05, 0) is 30.4 Å². The van der Waals surface area contributed by atoms with Crippen LogP contribution in [0.15, 0.2) is 43.0 Å². The number of ether oxygens (including phenoxy) is 4. The Morgan fingerprint density at radius 2 is 1.89 bits per heavy atom. The van der Waals surface area contributed by atoms with E-state index in [1.165, 1.54) is 0 Å². The molecule has 0 aliphatic carbocycles. The first kappa shape index (κ1) is 29.9. The summed E-state index contributed by atoms with van der Waals surface area (Å²) >= 11 is 0. The highest BCUT2D eigenvalue weighted by molar-refractivity contribution is 6.76. The summed E-state index contributed by atoms with van der Waals surface area (Å²) in [5, 5.41) is 9.81. The van der Waals surface area contributed by atoms with Crippen molar-refractivity contribution in [2.45, 2.75) is 83.7 Å². The first-order chi connectivity index (χ1) is 16.5. The van der Waals surface area contributed by atoms with Crippen molar-refractivity contribution < 1.29 is 28.8 Å². The molecule has 4 atom stereocenters. The van der Waals surface area contributed by atoms with Gasteiger partial charge in [0.25, 0.3) is 0 Å². The summed E-state index contributed by atoms with van der Waals surface area (Å²) in [5.41, 5.74) is 0.304. The van der Waals surface area contributed by atoms with Gasteiger partial charge in [-0.3, -0.25) is 4.79 Å². The standard InChI is InChI=1S/C28H46O6Si/c1-7-27(33-19-22-11-9-8-10-12-22)28(2,3)26(30)17-24-15-23(18-29)16-25(34-24)20-32-21-31-13-14-35(4,5)6/h7-12,23-25,27,29H,1,13-21H2,2-6H3/t23-,24-,25+,27-/m0/s1. The van der Waals surface area contributed by atoms with Crippen LogP contribution in [0.4, 0.5) is 0 Å². The number of hydrogen-bond acceptors (Lipinski definition) is 6. The summed E-state index contributed by atoms with van der Waals surface area (Å²) in [6.45, 7) is 16.5. The van der Waals surface area contributed by atoms with Crippen LogP contribution >= 0.6 is 0 Å². The first-order valence-electron chi connectivity index (χ1n) is 12.8. The molecule has 0 unspecified atom stereocenters. The Labute approximate surface area is 213 Å². The lowest BCUT2D eigenvalue weighted by molar-refractivity contribution is -0.152. The summed E-state index contributed by atoms with van der Waals surface area (Å²) in [6.07, 6.45) is 2.52. The molecule has 7 heteroatoms. The van der Waals surface area contributed by atoms with Crippen LogP contribution in [0.1, 0.15) is 38.7 Å². The highest BCUT2D eigenvalue weighted by Gasteiger charge is 2.39. The molecule has 1 heterocycles. The molecule has 0 saturated carbocycles. The first-order valence-corrected chi connectivity index (χ1v) is 16.5. The second kappa shape index (κ2) is 14.4. The summed E-state index contributed by atoms with van der Waals surface area (Å²) in [5.74, 6) is 0.156. The van der Waals surface area contributed by atoms with Crippen LogP contribution in [0, 0.1) is 11.3 Å². The molecule has 0 radical (unpaired) electrons. The van der Waals surface area contributed by atoms with E-state index < -0.39 is 19.6 Å². The molecule has 198 valence electrons. The molecule has 0 amide bonds. The van der Waals surface area contributed by atoms with E-state index in [0.29, 0.717) is 26.2 Å². The predicted molar refractivity (Wildman–Crippen MR) is 142 cm³/mol. The van der Waals surface area contributed by atoms with E-state index in [-0.39, 0.29) is 43.7 Å². The molecule has 1 aliphatic rings. The topological polar surface area (TPSA) is 74.2 Å². The van der Waals surface area contributed by atoms with Crippen molar-refractivity contribution in [3.05, 3.63) is 48.6 Å². The van der Waals surface area contributed by atoms with Crippen LogP contribution in [0.2, 0.25) is 25.7 Å². The van der Waals surface area contributed by atoms with Gasteiger partial charge >= 0.3 is 0 Å². The molecule has 2 rings (SSSR count). The lowest BCUT2D eigenvalue weighted by atomic mass is 9.78. The van der Waals surface area contributed by atoms with Gasteiger partial charge in [0.1, 0.15) is 12.6 Å². The van der Waals surface area contributed by atoms with E-state index >= 15 is 0 Å². The summed E-state index contributed by atoms with van der Waals surface area (Å²) in [4.78, 5) is 13.3. The van der Waals surface area contributed by atoms with E-state index in [4.69, 9.17) is 18.9 Å². The normalized spacial score (nSPS) is 22.1. The van der Waals surface area contributed by atoms with Gasteiger partial charge in [-0.25, -0.2) is 0 Å². The smallest absolute Gasteiger partial charge is 0.146 e. The van der Waals surface area contributed by atoms with E-state index in [2.05, 4.69) is 26.2 Å². The van der Waals surface area contributed by atoms with Crippen LogP contribution in [0.25, 0.3) is 0 Å². The van der Waals surface area contributed by atoms with Crippen molar-refractivity contribution in [3.8, 4) is 0 Å². The van der Waals surface area contributed by atoms with Gasteiger partial charge in [-0.1, -0.05) is 69.9 Å². The molecule has 0 spiro atoms. The largest absolute Gasteiger partial charge is 0.396 e. The maximum absolute atomic E-state index is 13.3. The molecule has 35 heavy (non-hydrogen) atoms. The number of aliphatic hydroxyl groups is 1. The number of carbonyl (C=O) groups excluding carboxylic acids is 1. The van der Waals surface area contributed by atoms with Gasteiger partial charge in [0, 0.05) is 27.7 Å². The molecule has 0 bridgehead atoms. The monoisotopic (exact) mass is 506 g/mol. The lowest BCUT2D eigenvalue weighted by Crippen LogP contribution is -2.43. The number of rotatable bonds is 16. The molecule has 1 fully saturated rings. The fourth-order valence-corrected chi connectivity index (χ4v) is 5.00. The number of Topliss-reactive ketones (excluding diaryl/α,β-unsaturated/α-hetero) is 1. The quantitative estimate of drug-likeness (QED) is 0.143. The predicted octanol–water partition coefficient (Wildman–Crippen LogP) is 5.23. The van der Waals surface area contributed by atoms with E-state index in [0.717, 1.165) is 18.0 Å². The molecule has 1 aromatic carbocycles. The molecular weight excluding hydrogens is 460 g/mol. The van der Waals surface area contributed by atoms with Crippen molar-refractivity contribution in [1.82, 2.24) is 0 Å². The second-order valence-corrected chi connectivity index (χ2v) is 17.0. The summed E-state index contributed by atoms with van der Waals surface area (Å²) in [6, 6.07) is 11.0. The van der Waals surface area contributed by atoms with Crippen molar-refractivity contribution in [1.29, 1.82) is 0 Å². The third-order valence-corrected chi connectivity index (χ3v) is 8.34. The van der Waals surface area contributed by atoms with E-state index in [1.807, 2.05) is 44.2 Å².